The van der Waals surface area contributed by atoms with Gasteiger partial charge in [-0.2, -0.15) is 5.10 Å². The first-order valence-electron chi connectivity index (χ1n) is 6.09. The number of fused-ring (bicyclic) bond motifs is 1. The van der Waals surface area contributed by atoms with Gasteiger partial charge < -0.3 is 10.1 Å². The first-order valence-corrected chi connectivity index (χ1v) is 6.09. The molecule has 0 atom stereocenters. The Kier molecular flexibility index (Phi) is 2.83. The second-order valence-corrected chi connectivity index (χ2v) is 4.40. The Balaban J connectivity index is 1.89. The van der Waals surface area contributed by atoms with Crippen LogP contribution in [0.4, 0.5) is 11.4 Å². The molecule has 3 rings (SSSR count). The van der Waals surface area contributed by atoms with E-state index in [4.69, 9.17) is 4.74 Å². The van der Waals surface area contributed by atoms with E-state index in [9.17, 15) is 0 Å². The van der Waals surface area contributed by atoms with Crippen LogP contribution < -0.4 is 10.1 Å². The lowest BCUT2D eigenvalue weighted by Gasteiger charge is -2.07. The fraction of sp³-hybridized carbons (Fsp3) is 0.133. The average molecular weight is 253 g/mol. The summed E-state index contributed by atoms with van der Waals surface area (Å²) in [7, 11) is 3.61. The summed E-state index contributed by atoms with van der Waals surface area (Å²) in [6, 6.07) is 14.1. The molecule has 0 aliphatic rings. The number of ether oxygens (including phenoxy) is 1. The number of hydrogen-bond donors (Lipinski definition) is 1. The molecule has 1 heterocycles. The van der Waals surface area contributed by atoms with Crippen LogP contribution >= 0.6 is 0 Å². The smallest absolute Gasteiger partial charge is 0.119 e. The van der Waals surface area contributed by atoms with Gasteiger partial charge >= 0.3 is 0 Å². The van der Waals surface area contributed by atoms with Crippen LogP contribution in [-0.4, -0.2) is 16.9 Å². The van der Waals surface area contributed by atoms with Crippen molar-refractivity contribution in [2.24, 2.45) is 7.05 Å². The number of hydrogen-bond acceptors (Lipinski definition) is 3. The molecule has 0 aliphatic heterocycles. The third kappa shape index (κ3) is 2.25. The quantitative estimate of drug-likeness (QED) is 0.778. The number of nitrogens with one attached hydrogen (secondary N) is 1. The largest absolute Gasteiger partial charge is 0.497 e. The molecule has 96 valence electrons. The van der Waals surface area contributed by atoms with Crippen molar-refractivity contribution < 1.29 is 4.74 Å². The summed E-state index contributed by atoms with van der Waals surface area (Å²) in [6.45, 7) is 0. The molecular formula is C15H15N3O. The molecule has 0 unspecified atom stereocenters. The van der Waals surface area contributed by atoms with E-state index in [2.05, 4.69) is 22.5 Å². The van der Waals surface area contributed by atoms with Crippen LogP contribution in [0.1, 0.15) is 0 Å². The molecule has 0 saturated carbocycles. The number of aryl methyl sites for hydroxylation is 1. The predicted molar refractivity (Wildman–Crippen MR) is 77.0 cm³/mol. The van der Waals surface area contributed by atoms with Gasteiger partial charge in [-0.3, -0.25) is 4.68 Å². The van der Waals surface area contributed by atoms with Gasteiger partial charge in [0.15, 0.2) is 0 Å². The first-order chi connectivity index (χ1) is 9.26. The van der Waals surface area contributed by atoms with Crippen LogP contribution in [0.15, 0.2) is 48.7 Å². The molecule has 19 heavy (non-hydrogen) atoms. The van der Waals surface area contributed by atoms with E-state index in [1.54, 1.807) is 7.11 Å². The summed E-state index contributed by atoms with van der Waals surface area (Å²) in [5.74, 6) is 0.854. The van der Waals surface area contributed by atoms with E-state index in [1.807, 2.05) is 48.3 Å². The molecule has 4 heteroatoms. The van der Waals surface area contributed by atoms with Crippen LogP contribution in [0.5, 0.6) is 5.75 Å². The number of aromatic nitrogens is 2. The van der Waals surface area contributed by atoms with Crippen LogP contribution in [0.25, 0.3) is 10.9 Å². The number of rotatable bonds is 3. The molecule has 0 spiro atoms. The molecule has 1 N–H and O–H groups in total. The normalized spacial score (nSPS) is 10.6. The second-order valence-electron chi connectivity index (χ2n) is 4.40. The van der Waals surface area contributed by atoms with Gasteiger partial charge in [-0.05, 0) is 42.5 Å². The van der Waals surface area contributed by atoms with Crippen LogP contribution in [0, 0.1) is 0 Å². The van der Waals surface area contributed by atoms with Crippen molar-refractivity contribution in [3.63, 3.8) is 0 Å². The number of methoxy groups -OCH3 is 1. The van der Waals surface area contributed by atoms with Crippen LogP contribution in [0.3, 0.4) is 0 Å². The monoisotopic (exact) mass is 253 g/mol. The molecule has 0 saturated heterocycles. The summed E-state index contributed by atoms with van der Waals surface area (Å²) in [5, 5.41) is 8.75. The Bertz CT molecular complexity index is 701. The van der Waals surface area contributed by atoms with Gasteiger partial charge in [0.25, 0.3) is 0 Å². The molecule has 3 aromatic rings. The van der Waals surface area contributed by atoms with Crippen molar-refractivity contribution in [1.29, 1.82) is 0 Å². The fourth-order valence-electron chi connectivity index (χ4n) is 2.06. The standard InChI is InChI=1S/C15H15N3O/c1-18-15-9-13(4-3-11(15)10-16-18)17-12-5-7-14(19-2)8-6-12/h3-10,17H,1-2H3. The SMILES string of the molecule is COc1ccc(Nc2ccc3cnn(C)c3c2)cc1. The summed E-state index contributed by atoms with van der Waals surface area (Å²) >= 11 is 0. The van der Waals surface area contributed by atoms with E-state index in [0.717, 1.165) is 28.0 Å². The maximum Gasteiger partial charge on any atom is 0.119 e. The molecule has 0 aliphatic carbocycles. The summed E-state index contributed by atoms with van der Waals surface area (Å²) in [6.07, 6.45) is 1.87. The van der Waals surface area contributed by atoms with Crippen molar-refractivity contribution in [1.82, 2.24) is 9.78 Å². The Morgan fingerprint density at radius 1 is 1.05 bits per heavy atom. The fourth-order valence-corrected chi connectivity index (χ4v) is 2.06. The highest BCUT2D eigenvalue weighted by Crippen LogP contribution is 2.23. The van der Waals surface area contributed by atoms with Gasteiger partial charge in [0.1, 0.15) is 5.75 Å². The van der Waals surface area contributed by atoms with Crippen molar-refractivity contribution in [2.45, 2.75) is 0 Å². The van der Waals surface area contributed by atoms with Gasteiger partial charge in [0.2, 0.25) is 0 Å². The third-order valence-electron chi connectivity index (χ3n) is 3.13. The van der Waals surface area contributed by atoms with E-state index in [-0.39, 0.29) is 0 Å². The number of anilines is 2. The van der Waals surface area contributed by atoms with Crippen LogP contribution in [-0.2, 0) is 7.05 Å². The van der Waals surface area contributed by atoms with Crippen LogP contribution in [0.2, 0.25) is 0 Å². The molecule has 0 radical (unpaired) electrons. The summed E-state index contributed by atoms with van der Waals surface area (Å²) in [5.41, 5.74) is 3.18. The zero-order chi connectivity index (χ0) is 13.2. The Morgan fingerprint density at radius 2 is 1.79 bits per heavy atom. The highest BCUT2D eigenvalue weighted by Gasteiger charge is 2.01. The maximum absolute atomic E-state index is 5.14. The molecule has 4 nitrogen and oxygen atoms in total. The predicted octanol–water partition coefficient (Wildman–Crippen LogP) is 3.33. The van der Waals surface area contributed by atoms with Crippen molar-refractivity contribution in [3.8, 4) is 5.75 Å². The zero-order valence-electron chi connectivity index (χ0n) is 10.9. The molecule has 0 amide bonds. The van der Waals surface area contributed by atoms with E-state index >= 15 is 0 Å². The third-order valence-corrected chi connectivity index (χ3v) is 3.13. The summed E-state index contributed by atoms with van der Waals surface area (Å²) in [4.78, 5) is 0. The first kappa shape index (κ1) is 11.6. The van der Waals surface area contributed by atoms with E-state index < -0.39 is 0 Å². The highest BCUT2D eigenvalue weighted by molar-refractivity contribution is 5.83. The minimum Gasteiger partial charge on any atom is -0.497 e. The van der Waals surface area contributed by atoms with Crippen molar-refractivity contribution in [2.75, 3.05) is 12.4 Å². The van der Waals surface area contributed by atoms with Gasteiger partial charge in [-0.25, -0.2) is 0 Å². The maximum atomic E-state index is 5.14. The average Bonchev–Trinajstić information content (AvgIpc) is 2.81. The molecule has 1 aromatic heterocycles. The lowest BCUT2D eigenvalue weighted by Crippen LogP contribution is -1.92. The second kappa shape index (κ2) is 4.65. The van der Waals surface area contributed by atoms with Crippen molar-refractivity contribution >= 4 is 22.3 Å². The Hall–Kier alpha value is -2.49. The van der Waals surface area contributed by atoms with Crippen molar-refractivity contribution in [3.05, 3.63) is 48.7 Å². The minimum atomic E-state index is 0.854. The Labute approximate surface area is 111 Å². The number of benzene rings is 2. The Morgan fingerprint density at radius 3 is 2.53 bits per heavy atom. The van der Waals surface area contributed by atoms with Gasteiger partial charge in [0, 0.05) is 23.8 Å². The van der Waals surface area contributed by atoms with E-state index in [0.29, 0.717) is 0 Å². The lowest BCUT2D eigenvalue weighted by atomic mass is 10.2. The number of nitrogens with zero attached hydrogens (tertiary/aromatic N) is 2. The molecule has 0 fully saturated rings. The minimum absolute atomic E-state index is 0.854. The molecule has 2 aromatic carbocycles. The van der Waals surface area contributed by atoms with Gasteiger partial charge in [0.05, 0.1) is 18.8 Å². The highest BCUT2D eigenvalue weighted by atomic mass is 16.5. The zero-order valence-corrected chi connectivity index (χ0v) is 10.9. The van der Waals surface area contributed by atoms with E-state index in [1.165, 1.54) is 0 Å². The molecule has 0 bridgehead atoms. The summed E-state index contributed by atoms with van der Waals surface area (Å²) < 4.78 is 7.01. The molecular weight excluding hydrogens is 238 g/mol. The van der Waals surface area contributed by atoms with Gasteiger partial charge in [-0.1, -0.05) is 0 Å². The lowest BCUT2D eigenvalue weighted by molar-refractivity contribution is 0.415. The van der Waals surface area contributed by atoms with Gasteiger partial charge in [-0.15, -0.1) is 0 Å². The topological polar surface area (TPSA) is 39.1 Å².